The predicted octanol–water partition coefficient (Wildman–Crippen LogP) is 17.6. The molecule has 0 saturated heterocycles. The van der Waals surface area contributed by atoms with Gasteiger partial charge in [-0.25, -0.2) is 20.0 Å². The third-order valence-corrected chi connectivity index (χ3v) is 17.3. The topological polar surface area (TPSA) is 72.9 Å². The molecule has 6 aromatic carbocycles. The first kappa shape index (κ1) is 48.6. The molecular weight excluding hydrogens is 849 g/mol. The maximum Gasteiger partial charge on any atom is 0.192 e. The summed E-state index contributed by atoms with van der Waals surface area (Å²) in [4.78, 5) is 19.7. The lowest BCUT2D eigenvalue weighted by molar-refractivity contribution is 0.544. The molecule has 0 unspecified atom stereocenters. The highest BCUT2D eigenvalue weighted by molar-refractivity contribution is 8.14. The second kappa shape index (κ2) is 18.1. The van der Waals surface area contributed by atoms with Gasteiger partial charge in [0.05, 0.1) is 37.0 Å². The summed E-state index contributed by atoms with van der Waals surface area (Å²) in [6.45, 7) is 47.3. The minimum atomic E-state index is 0.733. The van der Waals surface area contributed by atoms with Gasteiger partial charge < -0.3 is 9.15 Å². The molecular formula is C58H68N4O2S2. The Balaban J connectivity index is 0.000000134. The second-order valence-electron chi connectivity index (χ2n) is 18.9. The van der Waals surface area contributed by atoms with Crippen LogP contribution in [0.5, 0.6) is 5.75 Å². The third-order valence-electron chi connectivity index (χ3n) is 15.1. The van der Waals surface area contributed by atoms with Gasteiger partial charge >= 0.3 is 0 Å². The number of thioether (sulfide) groups is 1. The van der Waals surface area contributed by atoms with Crippen LogP contribution in [-0.4, -0.2) is 20.9 Å². The fourth-order valence-corrected chi connectivity index (χ4v) is 11.7. The van der Waals surface area contributed by atoms with Gasteiger partial charge in [-0.15, -0.1) is 11.3 Å². The first-order chi connectivity index (χ1) is 30.9. The van der Waals surface area contributed by atoms with Gasteiger partial charge in [0, 0.05) is 24.1 Å². The molecule has 6 nitrogen and oxygen atoms in total. The van der Waals surface area contributed by atoms with Crippen LogP contribution in [0.25, 0.3) is 42.9 Å². The van der Waals surface area contributed by atoms with Crippen molar-refractivity contribution in [2.75, 3.05) is 0 Å². The number of ether oxygens (including phenoxy) is 1. The average Bonchev–Trinajstić information content (AvgIpc) is 3.85. The van der Waals surface area contributed by atoms with Gasteiger partial charge in [-0.05, 0) is 262 Å². The molecule has 0 bridgehead atoms. The molecule has 0 spiro atoms. The minimum Gasteiger partial charge on any atom is -0.442 e. The van der Waals surface area contributed by atoms with Crippen molar-refractivity contribution in [3.8, 4) is 5.75 Å². The standard InChI is InChI=1S/C18H21NO.C18H21NS.C11H13NO.C11H13NS/c2*1-8-10(3)15-11(4)9(2)13(6)18-16(15)17(12(8)5)19-14(7)20-18;2*1-6-5-10-11(8(3)7(6)2)13-9(4)12-10/h2*1-7H3;2*5H,1-4H3. The first-order valence-corrected chi connectivity index (χ1v) is 24.7. The van der Waals surface area contributed by atoms with Crippen molar-refractivity contribution in [3.05, 3.63) is 123 Å². The zero-order valence-corrected chi connectivity index (χ0v) is 45.2. The quantitative estimate of drug-likeness (QED) is 0.152. The van der Waals surface area contributed by atoms with E-state index in [0.717, 1.165) is 49.9 Å². The normalized spacial score (nSPS) is 12.6. The van der Waals surface area contributed by atoms with E-state index < -0.39 is 0 Å². The molecule has 0 saturated carbocycles. The van der Waals surface area contributed by atoms with Gasteiger partial charge in [0.2, 0.25) is 0 Å². The largest absolute Gasteiger partial charge is 0.442 e. The highest BCUT2D eigenvalue weighted by Crippen LogP contribution is 2.49. The van der Waals surface area contributed by atoms with Crippen LogP contribution in [0.3, 0.4) is 0 Å². The first-order valence-electron chi connectivity index (χ1n) is 23.1. The predicted molar refractivity (Wildman–Crippen MR) is 288 cm³/mol. The smallest absolute Gasteiger partial charge is 0.192 e. The molecule has 4 heterocycles. The van der Waals surface area contributed by atoms with Crippen LogP contribution >= 0.6 is 23.1 Å². The van der Waals surface area contributed by atoms with Crippen molar-refractivity contribution < 1.29 is 9.15 Å². The number of fused-ring (bicyclic) bond motifs is 2. The summed E-state index contributed by atoms with van der Waals surface area (Å²) < 4.78 is 12.8. The molecule has 344 valence electrons. The van der Waals surface area contributed by atoms with Crippen molar-refractivity contribution in [3.63, 3.8) is 0 Å². The van der Waals surface area contributed by atoms with E-state index in [1.165, 1.54) is 137 Å². The molecule has 2 aliphatic rings. The summed E-state index contributed by atoms with van der Waals surface area (Å²) in [5.74, 6) is 2.47. The Hall–Kier alpha value is -5.31. The summed E-state index contributed by atoms with van der Waals surface area (Å²) in [7, 11) is 0. The van der Waals surface area contributed by atoms with Crippen molar-refractivity contribution in [1.82, 2.24) is 9.97 Å². The highest BCUT2D eigenvalue weighted by Gasteiger charge is 2.26. The number of benzene rings is 6. The second-order valence-corrected chi connectivity index (χ2v) is 21.3. The summed E-state index contributed by atoms with van der Waals surface area (Å²) in [6, 6.07) is 4.26. The van der Waals surface area contributed by atoms with Crippen LogP contribution in [0.2, 0.25) is 0 Å². The van der Waals surface area contributed by atoms with Gasteiger partial charge in [0.25, 0.3) is 0 Å². The molecule has 66 heavy (non-hydrogen) atoms. The average molecular weight is 917 g/mol. The molecule has 2 aliphatic heterocycles. The Morgan fingerprint density at radius 2 is 0.894 bits per heavy atom. The molecule has 0 radical (unpaired) electrons. The number of oxazole rings is 1. The Morgan fingerprint density at radius 1 is 0.409 bits per heavy atom. The SMILES string of the molecule is CC1=Nc2c(C)c(C)c(C)c3c(C)c(C)c(C)c(c23)O1.CC1=Nc2c(C)c(C)c(C)c3c(C)c(C)c(C)c(c23)S1.Cc1nc2cc(C)c(C)c(C)c2o1.Cc1nc2cc(C)c(C)c(C)c2s1. The molecule has 8 aromatic rings. The van der Waals surface area contributed by atoms with Crippen molar-refractivity contribution >= 4 is 88.3 Å². The monoisotopic (exact) mass is 916 g/mol. The number of hydrogen-bond donors (Lipinski definition) is 0. The van der Waals surface area contributed by atoms with Crippen LogP contribution in [0.1, 0.15) is 125 Å². The lowest BCUT2D eigenvalue weighted by Gasteiger charge is -2.25. The Kier molecular flexibility index (Phi) is 13.3. The van der Waals surface area contributed by atoms with Crippen LogP contribution in [0.4, 0.5) is 11.4 Å². The van der Waals surface area contributed by atoms with E-state index in [4.69, 9.17) is 14.1 Å². The number of aliphatic imine (C=N–C) groups is 2. The van der Waals surface area contributed by atoms with Gasteiger partial charge in [-0.1, -0.05) is 11.8 Å². The maximum absolute atomic E-state index is 5.97. The molecule has 0 N–H and O–H groups in total. The lowest BCUT2D eigenvalue weighted by Crippen LogP contribution is -2.11. The molecule has 8 heteroatoms. The molecule has 10 rings (SSSR count). The Bertz CT molecular complexity index is 3190. The Morgan fingerprint density at radius 3 is 1.47 bits per heavy atom. The summed E-state index contributed by atoms with van der Waals surface area (Å²) in [6.07, 6.45) is 0. The zero-order chi connectivity index (χ0) is 48.7. The van der Waals surface area contributed by atoms with Crippen LogP contribution in [0.15, 0.2) is 31.4 Å². The van der Waals surface area contributed by atoms with E-state index in [9.17, 15) is 0 Å². The van der Waals surface area contributed by atoms with Gasteiger partial charge in [0.1, 0.15) is 11.3 Å². The fourth-order valence-electron chi connectivity index (χ4n) is 9.68. The van der Waals surface area contributed by atoms with E-state index in [2.05, 4.69) is 166 Å². The van der Waals surface area contributed by atoms with Crippen LogP contribution < -0.4 is 4.74 Å². The highest BCUT2D eigenvalue weighted by atomic mass is 32.2. The minimum absolute atomic E-state index is 0.733. The van der Waals surface area contributed by atoms with E-state index >= 15 is 0 Å². The van der Waals surface area contributed by atoms with Crippen LogP contribution in [0, 0.1) is 138 Å². The van der Waals surface area contributed by atoms with E-state index in [-0.39, 0.29) is 0 Å². The summed E-state index contributed by atoms with van der Waals surface area (Å²) >= 11 is 3.62. The third kappa shape index (κ3) is 8.16. The summed E-state index contributed by atoms with van der Waals surface area (Å²) in [5, 5.41) is 7.61. The van der Waals surface area contributed by atoms with E-state index in [1.807, 2.05) is 25.6 Å². The molecule has 0 atom stereocenters. The zero-order valence-electron chi connectivity index (χ0n) is 43.6. The number of aryl methyl sites for hydroxylation is 10. The molecule has 0 aliphatic carbocycles. The van der Waals surface area contributed by atoms with Crippen molar-refractivity contribution in [2.24, 2.45) is 9.98 Å². The van der Waals surface area contributed by atoms with Crippen molar-refractivity contribution in [1.29, 1.82) is 0 Å². The van der Waals surface area contributed by atoms with E-state index in [0.29, 0.717) is 0 Å². The number of aromatic nitrogens is 2. The van der Waals surface area contributed by atoms with E-state index in [1.54, 1.807) is 11.3 Å². The van der Waals surface area contributed by atoms with Crippen LogP contribution in [-0.2, 0) is 0 Å². The molecule has 0 fully saturated rings. The number of rotatable bonds is 0. The number of hydrogen-bond acceptors (Lipinski definition) is 8. The van der Waals surface area contributed by atoms with Crippen molar-refractivity contribution in [2.45, 2.75) is 157 Å². The Labute approximate surface area is 401 Å². The molecule has 0 amide bonds. The molecule has 2 aromatic heterocycles. The number of thiazole rings is 1. The van der Waals surface area contributed by atoms with Gasteiger partial charge in [-0.2, -0.15) is 0 Å². The van der Waals surface area contributed by atoms with Gasteiger partial charge in [-0.3, -0.25) is 0 Å². The number of nitrogens with zero attached hydrogens (tertiary/aromatic N) is 4. The fraction of sp³-hybridized carbons (Fsp3) is 0.379. The summed E-state index contributed by atoms with van der Waals surface area (Å²) in [5.41, 5.74) is 29.5. The van der Waals surface area contributed by atoms with Gasteiger partial charge in [0.15, 0.2) is 17.4 Å². The maximum atomic E-state index is 5.97. The lowest BCUT2D eigenvalue weighted by atomic mass is 9.87.